The van der Waals surface area contributed by atoms with Crippen molar-refractivity contribution in [3.63, 3.8) is 0 Å². The molecule has 1 aliphatic heterocycles. The summed E-state index contributed by atoms with van der Waals surface area (Å²) in [5.74, 6) is -1.76. The van der Waals surface area contributed by atoms with Crippen LogP contribution in [0.15, 0.2) is 34.9 Å². The number of benzene rings is 1. The van der Waals surface area contributed by atoms with Gasteiger partial charge in [-0.15, -0.1) is 0 Å². The first kappa shape index (κ1) is 15.7. The minimum absolute atomic E-state index is 0.193. The second kappa shape index (κ2) is 6.12. The van der Waals surface area contributed by atoms with Gasteiger partial charge in [0.15, 0.2) is 17.4 Å². The molecule has 0 radical (unpaired) electrons. The Hall–Kier alpha value is -2.21. The van der Waals surface area contributed by atoms with Crippen LogP contribution in [0.3, 0.4) is 0 Å². The first-order valence-electron chi connectivity index (χ1n) is 7.47. The van der Waals surface area contributed by atoms with Crippen LogP contribution in [0.25, 0.3) is 0 Å². The number of carbonyl (C=O) groups is 1. The number of halogens is 2. The number of amides is 1. The molecule has 0 spiro atoms. The third kappa shape index (κ3) is 2.99. The molecule has 1 aromatic heterocycles. The molecule has 0 aliphatic carbocycles. The lowest BCUT2D eigenvalue weighted by molar-refractivity contribution is 0.0898. The Bertz CT molecular complexity index is 729. The predicted molar refractivity (Wildman–Crippen MR) is 81.0 cm³/mol. The van der Waals surface area contributed by atoms with E-state index < -0.39 is 11.6 Å². The van der Waals surface area contributed by atoms with E-state index in [1.165, 1.54) is 12.3 Å². The van der Waals surface area contributed by atoms with Crippen molar-refractivity contribution in [3.05, 3.63) is 59.1 Å². The maximum Gasteiger partial charge on any atom is 0.287 e. The van der Waals surface area contributed by atoms with Crippen molar-refractivity contribution in [2.45, 2.75) is 25.4 Å². The lowest BCUT2D eigenvalue weighted by Crippen LogP contribution is -2.39. The van der Waals surface area contributed by atoms with Crippen molar-refractivity contribution < 1.29 is 18.0 Å². The van der Waals surface area contributed by atoms with E-state index in [-0.39, 0.29) is 23.8 Å². The highest BCUT2D eigenvalue weighted by Crippen LogP contribution is 2.32. The van der Waals surface area contributed by atoms with Crippen LogP contribution in [0.2, 0.25) is 0 Å². The Morgan fingerprint density at radius 1 is 1.30 bits per heavy atom. The van der Waals surface area contributed by atoms with E-state index in [4.69, 9.17) is 4.42 Å². The summed E-state index contributed by atoms with van der Waals surface area (Å²) in [6.45, 7) is 2.55. The van der Waals surface area contributed by atoms with E-state index in [9.17, 15) is 13.6 Å². The number of nitrogens with zero attached hydrogens (tertiary/aromatic N) is 1. The lowest BCUT2D eigenvalue weighted by atomic mass is 9.99. The van der Waals surface area contributed by atoms with Crippen molar-refractivity contribution >= 4 is 5.91 Å². The van der Waals surface area contributed by atoms with Gasteiger partial charge in [-0.3, -0.25) is 9.69 Å². The van der Waals surface area contributed by atoms with Crippen molar-refractivity contribution in [2.24, 2.45) is 0 Å². The number of carbonyl (C=O) groups excluding carboxylic acids is 1. The zero-order valence-electron chi connectivity index (χ0n) is 13.0. The highest BCUT2D eigenvalue weighted by molar-refractivity contribution is 5.93. The summed E-state index contributed by atoms with van der Waals surface area (Å²) in [5, 5.41) is 2.94. The molecule has 1 aromatic carbocycles. The number of nitrogens with one attached hydrogen (secondary N) is 1. The van der Waals surface area contributed by atoms with Gasteiger partial charge in [0.25, 0.3) is 5.91 Å². The second-order valence-electron chi connectivity index (χ2n) is 5.90. The molecule has 1 N–H and O–H groups in total. The van der Waals surface area contributed by atoms with Gasteiger partial charge in [-0.05, 0) is 44.2 Å². The summed E-state index contributed by atoms with van der Waals surface area (Å²) in [4.78, 5) is 14.4. The Labute approximate surface area is 133 Å². The number of rotatable bonds is 3. The summed E-state index contributed by atoms with van der Waals surface area (Å²) in [7, 11) is 1.90. The van der Waals surface area contributed by atoms with Crippen LogP contribution in [0.4, 0.5) is 8.78 Å². The molecule has 0 saturated carbocycles. The molecule has 2 aromatic rings. The fourth-order valence-corrected chi connectivity index (χ4v) is 3.12. The minimum Gasteiger partial charge on any atom is -0.459 e. The van der Waals surface area contributed by atoms with Gasteiger partial charge in [0, 0.05) is 12.1 Å². The number of likely N-dealkylation sites (tertiary alicyclic amines) is 1. The Morgan fingerprint density at radius 3 is 2.74 bits per heavy atom. The summed E-state index contributed by atoms with van der Waals surface area (Å²) < 4.78 is 31.9. The maximum atomic E-state index is 13.5. The van der Waals surface area contributed by atoms with Gasteiger partial charge in [-0.1, -0.05) is 6.07 Å². The van der Waals surface area contributed by atoms with Gasteiger partial charge in [0.05, 0.1) is 18.3 Å². The normalized spacial score (nSPS) is 21.6. The second-order valence-corrected chi connectivity index (χ2v) is 5.90. The van der Waals surface area contributed by atoms with Gasteiger partial charge in [-0.2, -0.15) is 0 Å². The molecular weight excluding hydrogens is 302 g/mol. The van der Waals surface area contributed by atoms with Crippen LogP contribution in [0.1, 0.15) is 34.1 Å². The summed E-state index contributed by atoms with van der Waals surface area (Å²) in [6, 6.07) is 5.20. The number of hydrogen-bond donors (Lipinski definition) is 1. The average molecular weight is 320 g/mol. The molecule has 2 heterocycles. The van der Waals surface area contributed by atoms with Crippen molar-refractivity contribution in [1.29, 1.82) is 0 Å². The molecule has 0 bridgehead atoms. The van der Waals surface area contributed by atoms with E-state index in [0.29, 0.717) is 5.56 Å². The largest absolute Gasteiger partial charge is 0.459 e. The molecule has 1 aliphatic rings. The van der Waals surface area contributed by atoms with Crippen molar-refractivity contribution in [1.82, 2.24) is 10.2 Å². The van der Waals surface area contributed by atoms with E-state index >= 15 is 0 Å². The van der Waals surface area contributed by atoms with Gasteiger partial charge in [-0.25, -0.2) is 8.78 Å². The number of hydrogen-bond acceptors (Lipinski definition) is 3. The number of furan rings is 1. The maximum absolute atomic E-state index is 13.5. The van der Waals surface area contributed by atoms with Gasteiger partial charge >= 0.3 is 0 Å². The van der Waals surface area contributed by atoms with Crippen molar-refractivity contribution in [2.75, 3.05) is 13.6 Å². The molecule has 122 valence electrons. The molecule has 2 atom stereocenters. The third-order valence-electron chi connectivity index (χ3n) is 4.32. The topological polar surface area (TPSA) is 45.5 Å². The van der Waals surface area contributed by atoms with Crippen LogP contribution in [-0.2, 0) is 0 Å². The van der Waals surface area contributed by atoms with Crippen LogP contribution in [0, 0.1) is 18.6 Å². The molecule has 1 fully saturated rings. The molecule has 0 unspecified atom stereocenters. The summed E-state index contributed by atoms with van der Waals surface area (Å²) >= 11 is 0. The van der Waals surface area contributed by atoms with E-state index in [1.807, 2.05) is 11.9 Å². The average Bonchev–Trinajstić information content (AvgIpc) is 3.08. The predicted octanol–water partition coefficient (Wildman–Crippen LogP) is 3.04. The van der Waals surface area contributed by atoms with Crippen LogP contribution in [-0.4, -0.2) is 30.4 Å². The van der Waals surface area contributed by atoms with Crippen LogP contribution >= 0.6 is 0 Å². The molecule has 23 heavy (non-hydrogen) atoms. The molecular formula is C17H18F2N2O2. The molecule has 1 saturated heterocycles. The third-order valence-corrected chi connectivity index (χ3v) is 4.32. The number of likely N-dealkylation sites (N-methyl/N-ethyl adjacent to an activating group) is 1. The molecule has 1 amide bonds. The summed E-state index contributed by atoms with van der Waals surface area (Å²) in [6.07, 6.45) is 2.20. The fourth-order valence-electron chi connectivity index (χ4n) is 3.12. The highest BCUT2D eigenvalue weighted by atomic mass is 19.2. The van der Waals surface area contributed by atoms with E-state index in [0.717, 1.165) is 24.6 Å². The van der Waals surface area contributed by atoms with Gasteiger partial charge < -0.3 is 9.73 Å². The van der Waals surface area contributed by atoms with Gasteiger partial charge in [0.2, 0.25) is 0 Å². The molecule has 6 heteroatoms. The van der Waals surface area contributed by atoms with E-state index in [2.05, 4.69) is 5.32 Å². The Morgan fingerprint density at radius 2 is 2.09 bits per heavy atom. The Kier molecular flexibility index (Phi) is 4.17. The van der Waals surface area contributed by atoms with Crippen molar-refractivity contribution in [3.8, 4) is 0 Å². The fraction of sp³-hybridized carbons (Fsp3) is 0.353. The van der Waals surface area contributed by atoms with Gasteiger partial charge in [0.1, 0.15) is 0 Å². The standard InChI is InChI=1S/C17H18F2N2O2/c1-10-6-8-23-16(10)17(22)20-14-5-7-21(2)15(14)11-3-4-12(18)13(19)9-11/h3-4,6,8-9,14-15H,5,7H2,1-2H3,(H,20,22)/t14-,15+/m1/s1. The van der Waals surface area contributed by atoms with E-state index in [1.54, 1.807) is 19.1 Å². The molecule has 3 rings (SSSR count). The summed E-state index contributed by atoms with van der Waals surface area (Å²) in [5.41, 5.74) is 1.41. The van der Waals surface area contributed by atoms with Crippen LogP contribution in [0.5, 0.6) is 0 Å². The molecule has 4 nitrogen and oxygen atoms in total. The van der Waals surface area contributed by atoms with Crippen LogP contribution < -0.4 is 5.32 Å². The monoisotopic (exact) mass is 320 g/mol. The Balaban J connectivity index is 1.82. The highest BCUT2D eigenvalue weighted by Gasteiger charge is 2.35. The number of aryl methyl sites for hydroxylation is 1. The first-order valence-corrected chi connectivity index (χ1v) is 7.47. The minimum atomic E-state index is -0.880. The first-order chi connectivity index (χ1) is 11.0. The quantitative estimate of drug-likeness (QED) is 0.945. The zero-order chi connectivity index (χ0) is 16.6. The zero-order valence-corrected chi connectivity index (χ0v) is 13.0. The SMILES string of the molecule is Cc1ccoc1C(=O)N[C@@H]1CCN(C)[C@H]1c1ccc(F)c(F)c1. The smallest absolute Gasteiger partial charge is 0.287 e. The lowest BCUT2D eigenvalue weighted by Gasteiger charge is -2.26.